The van der Waals surface area contributed by atoms with Gasteiger partial charge in [0.15, 0.2) is 0 Å². The van der Waals surface area contributed by atoms with Crippen molar-refractivity contribution in [2.24, 2.45) is 5.73 Å². The van der Waals surface area contributed by atoms with Gasteiger partial charge in [0.2, 0.25) is 5.95 Å². The van der Waals surface area contributed by atoms with Crippen molar-refractivity contribution in [2.75, 3.05) is 30.4 Å². The van der Waals surface area contributed by atoms with Crippen molar-refractivity contribution in [2.45, 2.75) is 13.5 Å². The van der Waals surface area contributed by atoms with Gasteiger partial charge >= 0.3 is 0 Å². The Balaban J connectivity index is 2.06. The van der Waals surface area contributed by atoms with Crippen LogP contribution in [0, 0.1) is 6.92 Å². The third-order valence-electron chi connectivity index (χ3n) is 2.80. The van der Waals surface area contributed by atoms with E-state index in [9.17, 15) is 0 Å². The molecular formula is C14H20N6. The Bertz CT molecular complexity index is 557. The predicted molar refractivity (Wildman–Crippen MR) is 80.7 cm³/mol. The summed E-state index contributed by atoms with van der Waals surface area (Å²) in [5, 5.41) is 3.07. The van der Waals surface area contributed by atoms with E-state index in [1.165, 1.54) is 0 Å². The van der Waals surface area contributed by atoms with Crippen molar-refractivity contribution in [3.8, 4) is 0 Å². The van der Waals surface area contributed by atoms with Gasteiger partial charge in [-0.2, -0.15) is 4.98 Å². The van der Waals surface area contributed by atoms with Crippen LogP contribution in [0.25, 0.3) is 0 Å². The lowest BCUT2D eigenvalue weighted by Gasteiger charge is -2.18. The van der Waals surface area contributed by atoms with Gasteiger partial charge in [-0.3, -0.25) is 4.98 Å². The van der Waals surface area contributed by atoms with E-state index in [1.807, 2.05) is 43.1 Å². The SMILES string of the molecule is Cc1cccc(CN(C)c2ccnc(NCCN)n2)n1. The third kappa shape index (κ3) is 3.89. The Labute approximate surface area is 119 Å². The second kappa shape index (κ2) is 6.81. The summed E-state index contributed by atoms with van der Waals surface area (Å²) in [6.45, 7) is 3.90. The Morgan fingerprint density at radius 3 is 2.85 bits per heavy atom. The van der Waals surface area contributed by atoms with Gasteiger partial charge < -0.3 is 16.0 Å². The molecule has 0 amide bonds. The first-order chi connectivity index (χ1) is 9.69. The maximum absolute atomic E-state index is 5.45. The Hall–Kier alpha value is -2.21. The molecule has 6 heteroatoms. The number of hydrogen-bond donors (Lipinski definition) is 2. The van der Waals surface area contributed by atoms with Crippen molar-refractivity contribution < 1.29 is 0 Å². The van der Waals surface area contributed by atoms with Crippen molar-refractivity contribution in [3.05, 3.63) is 41.9 Å². The van der Waals surface area contributed by atoms with Crippen LogP contribution in [-0.2, 0) is 6.54 Å². The molecule has 0 aromatic carbocycles. The molecule has 0 saturated carbocycles. The van der Waals surface area contributed by atoms with Crippen molar-refractivity contribution >= 4 is 11.8 Å². The number of anilines is 2. The van der Waals surface area contributed by atoms with Crippen LogP contribution in [0.5, 0.6) is 0 Å². The molecule has 0 fully saturated rings. The van der Waals surface area contributed by atoms with Crippen molar-refractivity contribution in [1.82, 2.24) is 15.0 Å². The van der Waals surface area contributed by atoms with Gasteiger partial charge in [-0.1, -0.05) is 6.07 Å². The zero-order chi connectivity index (χ0) is 14.4. The number of pyridine rings is 1. The minimum atomic E-state index is 0.552. The smallest absolute Gasteiger partial charge is 0.224 e. The summed E-state index contributed by atoms with van der Waals surface area (Å²) in [6.07, 6.45) is 1.74. The van der Waals surface area contributed by atoms with Crippen LogP contribution >= 0.6 is 0 Å². The largest absolute Gasteiger partial charge is 0.354 e. The molecule has 106 valence electrons. The van der Waals surface area contributed by atoms with Gasteiger partial charge in [-0.15, -0.1) is 0 Å². The van der Waals surface area contributed by atoms with Crippen LogP contribution in [0.4, 0.5) is 11.8 Å². The summed E-state index contributed by atoms with van der Waals surface area (Å²) in [5.41, 5.74) is 7.49. The standard InChI is InChI=1S/C14H20N6/c1-11-4-3-5-12(18-11)10-20(2)13-6-8-16-14(19-13)17-9-7-15/h3-6,8H,7,9-10,15H2,1-2H3,(H,16,17,19). The predicted octanol–water partition coefficient (Wildman–Crippen LogP) is 1.19. The maximum atomic E-state index is 5.45. The molecule has 0 spiro atoms. The van der Waals surface area contributed by atoms with E-state index in [2.05, 4.69) is 20.3 Å². The van der Waals surface area contributed by atoms with Crippen LogP contribution in [0.15, 0.2) is 30.5 Å². The van der Waals surface area contributed by atoms with Gasteiger partial charge in [0.25, 0.3) is 0 Å². The Morgan fingerprint density at radius 1 is 1.25 bits per heavy atom. The summed E-state index contributed by atoms with van der Waals surface area (Å²) in [4.78, 5) is 15.1. The number of hydrogen-bond acceptors (Lipinski definition) is 6. The Kier molecular flexibility index (Phi) is 4.84. The zero-order valence-electron chi connectivity index (χ0n) is 11.9. The van der Waals surface area contributed by atoms with Gasteiger partial charge in [0, 0.05) is 32.0 Å². The first-order valence-corrected chi connectivity index (χ1v) is 6.59. The highest BCUT2D eigenvalue weighted by Gasteiger charge is 2.06. The molecule has 0 atom stereocenters. The molecule has 0 bridgehead atoms. The van der Waals surface area contributed by atoms with Crippen LogP contribution < -0.4 is 16.0 Å². The molecule has 0 aliphatic carbocycles. The first kappa shape index (κ1) is 14.2. The van der Waals surface area contributed by atoms with Gasteiger partial charge in [-0.05, 0) is 25.1 Å². The summed E-state index contributed by atoms with van der Waals surface area (Å²) < 4.78 is 0. The van der Waals surface area contributed by atoms with Gasteiger partial charge in [0.1, 0.15) is 5.82 Å². The van der Waals surface area contributed by atoms with Crippen LogP contribution in [0.2, 0.25) is 0 Å². The molecule has 0 aliphatic heterocycles. The average Bonchev–Trinajstić information content (AvgIpc) is 2.45. The molecule has 2 aromatic heterocycles. The van der Waals surface area contributed by atoms with E-state index in [0.29, 0.717) is 25.6 Å². The zero-order valence-corrected chi connectivity index (χ0v) is 11.9. The molecule has 2 heterocycles. The molecule has 2 rings (SSSR count). The summed E-state index contributed by atoms with van der Waals surface area (Å²) in [6, 6.07) is 7.89. The van der Waals surface area contributed by atoms with Crippen LogP contribution in [0.1, 0.15) is 11.4 Å². The number of nitrogens with zero attached hydrogens (tertiary/aromatic N) is 4. The van der Waals surface area contributed by atoms with Crippen LogP contribution in [-0.4, -0.2) is 35.1 Å². The average molecular weight is 272 g/mol. The molecule has 2 aromatic rings. The summed E-state index contributed by atoms with van der Waals surface area (Å²) in [5.74, 6) is 1.44. The van der Waals surface area contributed by atoms with E-state index in [-0.39, 0.29) is 0 Å². The third-order valence-corrected chi connectivity index (χ3v) is 2.80. The van der Waals surface area contributed by atoms with E-state index >= 15 is 0 Å². The lowest BCUT2D eigenvalue weighted by atomic mass is 10.3. The molecule has 3 N–H and O–H groups in total. The van der Waals surface area contributed by atoms with Crippen molar-refractivity contribution in [3.63, 3.8) is 0 Å². The number of aromatic nitrogens is 3. The number of rotatable bonds is 6. The van der Waals surface area contributed by atoms with E-state index < -0.39 is 0 Å². The highest BCUT2D eigenvalue weighted by Crippen LogP contribution is 2.13. The second-order valence-corrected chi connectivity index (χ2v) is 4.58. The highest BCUT2D eigenvalue weighted by atomic mass is 15.2. The Morgan fingerprint density at radius 2 is 2.10 bits per heavy atom. The van der Waals surface area contributed by atoms with E-state index in [1.54, 1.807) is 6.20 Å². The lowest BCUT2D eigenvalue weighted by molar-refractivity contribution is 0.853. The molecule has 0 radical (unpaired) electrons. The van der Waals surface area contributed by atoms with E-state index in [0.717, 1.165) is 17.2 Å². The van der Waals surface area contributed by atoms with E-state index in [4.69, 9.17) is 5.73 Å². The lowest BCUT2D eigenvalue weighted by Crippen LogP contribution is -2.20. The molecule has 0 aliphatic rings. The number of aryl methyl sites for hydroxylation is 1. The summed E-state index contributed by atoms with van der Waals surface area (Å²) >= 11 is 0. The second-order valence-electron chi connectivity index (χ2n) is 4.58. The fraction of sp³-hybridized carbons (Fsp3) is 0.357. The minimum absolute atomic E-state index is 0.552. The normalized spacial score (nSPS) is 10.3. The fourth-order valence-corrected chi connectivity index (χ4v) is 1.84. The molecule has 20 heavy (non-hydrogen) atoms. The van der Waals surface area contributed by atoms with Crippen molar-refractivity contribution in [1.29, 1.82) is 0 Å². The molecular weight excluding hydrogens is 252 g/mol. The fourth-order valence-electron chi connectivity index (χ4n) is 1.84. The molecule has 0 saturated heterocycles. The number of nitrogens with one attached hydrogen (secondary N) is 1. The topological polar surface area (TPSA) is 80.0 Å². The summed E-state index contributed by atoms with van der Waals surface area (Å²) in [7, 11) is 1.99. The van der Waals surface area contributed by atoms with Crippen LogP contribution in [0.3, 0.4) is 0 Å². The minimum Gasteiger partial charge on any atom is -0.354 e. The highest BCUT2D eigenvalue weighted by molar-refractivity contribution is 5.42. The molecule has 6 nitrogen and oxygen atoms in total. The quantitative estimate of drug-likeness (QED) is 0.822. The van der Waals surface area contributed by atoms with Gasteiger partial charge in [-0.25, -0.2) is 4.98 Å². The number of nitrogens with two attached hydrogens (primary N) is 1. The van der Waals surface area contributed by atoms with Gasteiger partial charge in [0.05, 0.1) is 12.2 Å². The maximum Gasteiger partial charge on any atom is 0.224 e. The molecule has 0 unspecified atom stereocenters. The monoisotopic (exact) mass is 272 g/mol. The first-order valence-electron chi connectivity index (χ1n) is 6.59.